The molecule has 9 heteroatoms. The third-order valence-corrected chi connectivity index (χ3v) is 8.40. The second-order valence-electron chi connectivity index (χ2n) is 6.84. The lowest BCUT2D eigenvalue weighted by atomic mass is 10.0. The van der Waals surface area contributed by atoms with E-state index in [0.29, 0.717) is 22.9 Å². The van der Waals surface area contributed by atoms with Crippen LogP contribution in [0.5, 0.6) is 0 Å². The number of carbonyl (C=O) groups is 2. The van der Waals surface area contributed by atoms with Gasteiger partial charge in [-0.15, -0.1) is 11.3 Å². The Balaban J connectivity index is 1.38. The van der Waals surface area contributed by atoms with Crippen LogP contribution in [0.1, 0.15) is 33.3 Å². The summed E-state index contributed by atoms with van der Waals surface area (Å²) in [6, 6.07) is 10.5. The molecule has 2 aliphatic heterocycles. The molecule has 28 heavy (non-hydrogen) atoms. The Morgan fingerprint density at radius 2 is 1.86 bits per heavy atom. The molecule has 0 bridgehead atoms. The number of aryl methyl sites for hydroxylation is 1. The normalized spacial score (nSPS) is 20.1. The Labute approximate surface area is 167 Å². The number of carbonyl (C=O) groups excluding carboxylic acids is 2. The first kappa shape index (κ1) is 19.1. The molecule has 0 aliphatic carbocycles. The Morgan fingerprint density at radius 3 is 2.54 bits per heavy atom. The van der Waals surface area contributed by atoms with Crippen molar-refractivity contribution in [2.24, 2.45) is 0 Å². The third kappa shape index (κ3) is 3.45. The lowest BCUT2D eigenvalue weighted by Crippen LogP contribution is -2.50. The van der Waals surface area contributed by atoms with Gasteiger partial charge in [-0.2, -0.15) is 4.31 Å². The maximum Gasteiger partial charge on any atom is 0.339 e. The summed E-state index contributed by atoms with van der Waals surface area (Å²) in [6.07, 6.45) is -0.508. The van der Waals surface area contributed by atoms with Gasteiger partial charge in [0.2, 0.25) is 5.91 Å². The highest BCUT2D eigenvalue weighted by molar-refractivity contribution is 7.91. The Hall–Kier alpha value is -2.23. The van der Waals surface area contributed by atoms with Gasteiger partial charge in [0.25, 0.3) is 10.0 Å². The first-order chi connectivity index (χ1) is 13.4. The van der Waals surface area contributed by atoms with E-state index in [2.05, 4.69) is 0 Å². The second kappa shape index (κ2) is 7.31. The molecular formula is C19H20N2O5S2. The molecule has 3 heterocycles. The van der Waals surface area contributed by atoms with Crippen molar-refractivity contribution in [3.05, 3.63) is 52.4 Å². The number of thiophene rings is 1. The SMILES string of the molecule is Cc1ccc(S(=O)(=O)N2CCN(C(=O)CC3OC(=O)c4ccccc43)CC2)s1. The molecule has 148 valence electrons. The van der Waals surface area contributed by atoms with Gasteiger partial charge in [-0.05, 0) is 25.1 Å². The summed E-state index contributed by atoms with van der Waals surface area (Å²) < 4.78 is 32.5. The van der Waals surface area contributed by atoms with Gasteiger partial charge < -0.3 is 9.64 Å². The number of nitrogens with zero attached hydrogens (tertiary/aromatic N) is 2. The van der Waals surface area contributed by atoms with Gasteiger partial charge in [0.05, 0.1) is 12.0 Å². The first-order valence-corrected chi connectivity index (χ1v) is 11.3. The molecule has 1 aromatic carbocycles. The maximum absolute atomic E-state index is 12.7. The molecule has 1 fully saturated rings. The van der Waals surface area contributed by atoms with Crippen molar-refractivity contribution in [3.63, 3.8) is 0 Å². The lowest BCUT2D eigenvalue weighted by Gasteiger charge is -2.34. The van der Waals surface area contributed by atoms with Gasteiger partial charge in [0.15, 0.2) is 0 Å². The fourth-order valence-electron chi connectivity index (χ4n) is 3.52. The number of benzene rings is 1. The summed E-state index contributed by atoms with van der Waals surface area (Å²) in [6.45, 7) is 3.03. The lowest BCUT2D eigenvalue weighted by molar-refractivity contribution is -0.134. The second-order valence-corrected chi connectivity index (χ2v) is 10.3. The van der Waals surface area contributed by atoms with Gasteiger partial charge in [-0.3, -0.25) is 4.79 Å². The van der Waals surface area contributed by atoms with Crippen molar-refractivity contribution in [2.75, 3.05) is 26.2 Å². The van der Waals surface area contributed by atoms with E-state index in [1.807, 2.05) is 13.0 Å². The fraction of sp³-hybridized carbons (Fsp3) is 0.368. The van der Waals surface area contributed by atoms with Crippen LogP contribution in [-0.4, -0.2) is 55.7 Å². The number of hydrogen-bond acceptors (Lipinski definition) is 6. The van der Waals surface area contributed by atoms with Crippen LogP contribution in [0, 0.1) is 6.92 Å². The van der Waals surface area contributed by atoms with Gasteiger partial charge in [0.1, 0.15) is 10.3 Å². The Bertz CT molecular complexity index is 1020. The van der Waals surface area contributed by atoms with E-state index >= 15 is 0 Å². The van der Waals surface area contributed by atoms with E-state index in [0.717, 1.165) is 10.4 Å². The number of esters is 1. The Morgan fingerprint density at radius 1 is 1.14 bits per heavy atom. The van der Waals surface area contributed by atoms with Crippen molar-refractivity contribution in [2.45, 2.75) is 23.7 Å². The molecule has 0 spiro atoms. The topological polar surface area (TPSA) is 84.0 Å². The average molecular weight is 421 g/mol. The van der Waals surface area contributed by atoms with E-state index in [1.54, 1.807) is 35.2 Å². The maximum atomic E-state index is 12.7. The van der Waals surface area contributed by atoms with Crippen LogP contribution in [-0.2, 0) is 19.6 Å². The molecule has 0 N–H and O–H groups in total. The van der Waals surface area contributed by atoms with Gasteiger partial charge >= 0.3 is 5.97 Å². The van der Waals surface area contributed by atoms with E-state index in [4.69, 9.17) is 4.74 Å². The summed E-state index contributed by atoms with van der Waals surface area (Å²) >= 11 is 1.25. The average Bonchev–Trinajstić information content (AvgIpc) is 3.26. The number of fused-ring (bicyclic) bond motifs is 1. The minimum Gasteiger partial charge on any atom is -0.453 e. The smallest absolute Gasteiger partial charge is 0.339 e. The third-order valence-electron chi connectivity index (χ3n) is 5.04. The zero-order valence-electron chi connectivity index (χ0n) is 15.3. The van der Waals surface area contributed by atoms with Crippen molar-refractivity contribution in [1.29, 1.82) is 0 Å². The summed E-state index contributed by atoms with van der Waals surface area (Å²) in [5.74, 6) is -0.547. The molecule has 1 atom stereocenters. The highest BCUT2D eigenvalue weighted by atomic mass is 32.2. The molecule has 4 rings (SSSR count). The number of ether oxygens (including phenoxy) is 1. The number of cyclic esters (lactones) is 1. The Kier molecular flexibility index (Phi) is 4.98. The highest BCUT2D eigenvalue weighted by Crippen LogP contribution is 2.33. The van der Waals surface area contributed by atoms with Crippen LogP contribution in [0.25, 0.3) is 0 Å². The molecule has 0 saturated carbocycles. The number of hydrogen-bond donors (Lipinski definition) is 0. The minimum absolute atomic E-state index is 0.0691. The predicted molar refractivity (Wildman–Crippen MR) is 104 cm³/mol. The van der Waals surface area contributed by atoms with Crippen LogP contribution in [0.15, 0.2) is 40.6 Å². The van der Waals surface area contributed by atoms with Crippen LogP contribution in [0.2, 0.25) is 0 Å². The van der Waals surface area contributed by atoms with Crippen LogP contribution >= 0.6 is 11.3 Å². The molecule has 2 aromatic rings. The van der Waals surface area contributed by atoms with Gasteiger partial charge in [-0.1, -0.05) is 18.2 Å². The quantitative estimate of drug-likeness (QED) is 0.708. The van der Waals surface area contributed by atoms with E-state index in [-0.39, 0.29) is 25.4 Å². The summed E-state index contributed by atoms with van der Waals surface area (Å²) in [7, 11) is -3.52. The summed E-state index contributed by atoms with van der Waals surface area (Å²) in [4.78, 5) is 27.2. The largest absolute Gasteiger partial charge is 0.453 e. The predicted octanol–water partition coefficient (Wildman–Crippen LogP) is 2.19. The molecule has 1 unspecified atom stereocenters. The van der Waals surface area contributed by atoms with E-state index in [9.17, 15) is 18.0 Å². The summed E-state index contributed by atoms with van der Waals surface area (Å²) in [5.41, 5.74) is 1.23. The van der Waals surface area contributed by atoms with Crippen molar-refractivity contribution in [1.82, 2.24) is 9.21 Å². The van der Waals surface area contributed by atoms with Gasteiger partial charge in [-0.25, -0.2) is 13.2 Å². The number of amides is 1. The van der Waals surface area contributed by atoms with Crippen molar-refractivity contribution >= 4 is 33.2 Å². The van der Waals surface area contributed by atoms with Crippen molar-refractivity contribution < 1.29 is 22.7 Å². The molecule has 1 amide bonds. The zero-order chi connectivity index (χ0) is 19.9. The molecule has 2 aliphatic rings. The minimum atomic E-state index is -3.52. The molecule has 1 saturated heterocycles. The van der Waals surface area contributed by atoms with Crippen LogP contribution in [0.3, 0.4) is 0 Å². The zero-order valence-corrected chi connectivity index (χ0v) is 17.0. The number of sulfonamides is 1. The van der Waals surface area contributed by atoms with Crippen LogP contribution < -0.4 is 0 Å². The molecular weight excluding hydrogens is 400 g/mol. The summed E-state index contributed by atoms with van der Waals surface area (Å²) in [5, 5.41) is 0. The van der Waals surface area contributed by atoms with E-state index < -0.39 is 22.1 Å². The van der Waals surface area contributed by atoms with Crippen LogP contribution in [0.4, 0.5) is 0 Å². The van der Waals surface area contributed by atoms with Crippen molar-refractivity contribution in [3.8, 4) is 0 Å². The number of piperazine rings is 1. The fourth-order valence-corrected chi connectivity index (χ4v) is 6.37. The standard InChI is InChI=1S/C19H20N2O5S2/c1-13-6-7-18(27-13)28(24,25)21-10-8-20(9-11-21)17(22)12-16-14-4-2-3-5-15(14)19(23)26-16/h2-7,16H,8-12H2,1H3. The van der Waals surface area contributed by atoms with E-state index in [1.165, 1.54) is 15.6 Å². The molecule has 1 aromatic heterocycles. The monoisotopic (exact) mass is 420 g/mol. The molecule has 0 radical (unpaired) electrons. The first-order valence-electron chi connectivity index (χ1n) is 9.00. The number of rotatable bonds is 4. The van der Waals surface area contributed by atoms with Gasteiger partial charge in [0, 0.05) is 36.6 Å². The highest BCUT2D eigenvalue weighted by Gasteiger charge is 2.35. The molecule has 7 nitrogen and oxygen atoms in total.